The number of nitrogens with zero attached hydrogens (tertiary/aromatic N) is 3. The van der Waals surface area contributed by atoms with Gasteiger partial charge < -0.3 is 9.14 Å². The number of imidazole rings is 1. The second kappa shape index (κ2) is 7.50. The van der Waals surface area contributed by atoms with Crippen LogP contribution in [-0.4, -0.2) is 38.6 Å². The molecule has 0 radical (unpaired) electrons. The number of amides is 2. The number of fused-ring (bicyclic) bond motifs is 2. The SMILES string of the molecule is CC(C)CCN1C(=O)c2ccc(C(=O)OCc3cn4ccccc4n3)cc2C1=O. The quantitative estimate of drug-likeness (QED) is 0.476. The first kappa shape index (κ1) is 18.9. The lowest BCUT2D eigenvalue weighted by atomic mass is 10.1. The highest BCUT2D eigenvalue weighted by molar-refractivity contribution is 6.21. The van der Waals surface area contributed by atoms with Crippen LogP contribution in [0.2, 0.25) is 0 Å². The number of pyridine rings is 1. The summed E-state index contributed by atoms with van der Waals surface area (Å²) < 4.78 is 7.19. The third-order valence-electron chi connectivity index (χ3n) is 4.90. The van der Waals surface area contributed by atoms with Crippen LogP contribution < -0.4 is 0 Å². The summed E-state index contributed by atoms with van der Waals surface area (Å²) >= 11 is 0. The number of hydrogen-bond donors (Lipinski definition) is 0. The lowest BCUT2D eigenvalue weighted by Crippen LogP contribution is -2.31. The number of carbonyl (C=O) groups is 3. The number of imide groups is 1. The predicted octanol–water partition coefficient (Wildman–Crippen LogP) is 3.33. The van der Waals surface area contributed by atoms with Crippen LogP contribution in [0.25, 0.3) is 5.65 Å². The van der Waals surface area contributed by atoms with Gasteiger partial charge in [-0.1, -0.05) is 19.9 Å². The number of hydrogen-bond acceptors (Lipinski definition) is 5. The van der Waals surface area contributed by atoms with Crippen molar-refractivity contribution < 1.29 is 19.1 Å². The molecule has 0 saturated carbocycles. The van der Waals surface area contributed by atoms with Gasteiger partial charge in [-0.3, -0.25) is 14.5 Å². The van der Waals surface area contributed by atoms with Gasteiger partial charge in [0.15, 0.2) is 0 Å². The van der Waals surface area contributed by atoms with Crippen molar-refractivity contribution in [1.29, 1.82) is 0 Å². The molecule has 3 aromatic rings. The summed E-state index contributed by atoms with van der Waals surface area (Å²) in [6.07, 6.45) is 4.39. The monoisotopic (exact) mass is 391 g/mol. The molecule has 3 heterocycles. The van der Waals surface area contributed by atoms with Gasteiger partial charge in [0.1, 0.15) is 12.3 Å². The van der Waals surface area contributed by atoms with Crippen LogP contribution in [0.3, 0.4) is 0 Å². The van der Waals surface area contributed by atoms with Crippen molar-refractivity contribution in [3.63, 3.8) is 0 Å². The summed E-state index contributed by atoms with van der Waals surface area (Å²) in [4.78, 5) is 43.2. The van der Waals surface area contributed by atoms with Crippen LogP contribution >= 0.6 is 0 Å². The molecule has 0 spiro atoms. The molecule has 0 unspecified atom stereocenters. The molecule has 4 rings (SSSR count). The Morgan fingerprint density at radius 1 is 1.10 bits per heavy atom. The first-order valence-electron chi connectivity index (χ1n) is 9.54. The second-order valence-electron chi connectivity index (χ2n) is 7.48. The van der Waals surface area contributed by atoms with Gasteiger partial charge in [0.2, 0.25) is 0 Å². The topological polar surface area (TPSA) is 81.0 Å². The number of rotatable bonds is 6. The van der Waals surface area contributed by atoms with Crippen LogP contribution in [-0.2, 0) is 11.3 Å². The highest BCUT2D eigenvalue weighted by Crippen LogP contribution is 2.25. The van der Waals surface area contributed by atoms with E-state index < -0.39 is 5.97 Å². The van der Waals surface area contributed by atoms with E-state index in [1.165, 1.54) is 23.1 Å². The molecular weight excluding hydrogens is 370 g/mol. The van der Waals surface area contributed by atoms with Crippen LogP contribution in [0.15, 0.2) is 48.8 Å². The van der Waals surface area contributed by atoms with Crippen molar-refractivity contribution in [3.05, 3.63) is 71.2 Å². The third kappa shape index (κ3) is 3.63. The molecule has 0 bridgehead atoms. The van der Waals surface area contributed by atoms with Gasteiger partial charge in [-0.25, -0.2) is 9.78 Å². The van der Waals surface area contributed by atoms with Crippen LogP contribution in [0.5, 0.6) is 0 Å². The van der Waals surface area contributed by atoms with Gasteiger partial charge in [-0.15, -0.1) is 0 Å². The fraction of sp³-hybridized carbons (Fsp3) is 0.273. The molecule has 1 aliphatic heterocycles. The fourth-order valence-corrected chi connectivity index (χ4v) is 3.29. The molecule has 0 N–H and O–H groups in total. The summed E-state index contributed by atoms with van der Waals surface area (Å²) in [6.45, 7) is 4.47. The molecule has 7 heteroatoms. The van der Waals surface area contributed by atoms with E-state index in [1.807, 2.05) is 42.6 Å². The third-order valence-corrected chi connectivity index (χ3v) is 4.90. The Morgan fingerprint density at radius 3 is 2.66 bits per heavy atom. The summed E-state index contributed by atoms with van der Waals surface area (Å²) in [5, 5.41) is 0. The maximum absolute atomic E-state index is 12.6. The first-order valence-corrected chi connectivity index (χ1v) is 9.54. The second-order valence-corrected chi connectivity index (χ2v) is 7.48. The maximum Gasteiger partial charge on any atom is 0.338 e. The molecule has 148 valence electrons. The molecule has 2 aromatic heterocycles. The van der Waals surface area contributed by atoms with E-state index in [0.29, 0.717) is 23.7 Å². The van der Waals surface area contributed by atoms with Gasteiger partial charge in [0.05, 0.1) is 22.4 Å². The van der Waals surface area contributed by atoms with E-state index in [9.17, 15) is 14.4 Å². The minimum atomic E-state index is -0.564. The molecular formula is C22H21N3O4. The van der Waals surface area contributed by atoms with Crippen LogP contribution in [0, 0.1) is 5.92 Å². The molecule has 29 heavy (non-hydrogen) atoms. The van der Waals surface area contributed by atoms with E-state index in [4.69, 9.17) is 4.74 Å². The zero-order valence-electron chi connectivity index (χ0n) is 16.3. The Kier molecular flexibility index (Phi) is 4.88. The summed E-state index contributed by atoms with van der Waals surface area (Å²) in [5.41, 5.74) is 2.20. The molecule has 1 aromatic carbocycles. The summed E-state index contributed by atoms with van der Waals surface area (Å²) in [7, 11) is 0. The van der Waals surface area contributed by atoms with Gasteiger partial charge in [-0.05, 0) is 42.7 Å². The normalized spacial score (nSPS) is 13.4. The number of carbonyl (C=O) groups excluding carboxylic acids is 3. The predicted molar refractivity (Wildman–Crippen MR) is 106 cm³/mol. The van der Waals surface area contributed by atoms with Crippen LogP contribution in [0.1, 0.15) is 57.0 Å². The zero-order valence-corrected chi connectivity index (χ0v) is 16.3. The van der Waals surface area contributed by atoms with Crippen molar-refractivity contribution >= 4 is 23.4 Å². The highest BCUT2D eigenvalue weighted by atomic mass is 16.5. The fourth-order valence-electron chi connectivity index (χ4n) is 3.29. The van der Waals surface area contributed by atoms with E-state index in [2.05, 4.69) is 4.98 Å². The average molecular weight is 391 g/mol. The molecule has 0 atom stereocenters. The van der Waals surface area contributed by atoms with Gasteiger partial charge >= 0.3 is 5.97 Å². The summed E-state index contributed by atoms with van der Waals surface area (Å²) in [6, 6.07) is 10.1. The Morgan fingerprint density at radius 2 is 1.90 bits per heavy atom. The lowest BCUT2D eigenvalue weighted by molar-refractivity contribution is 0.0468. The highest BCUT2D eigenvalue weighted by Gasteiger charge is 2.35. The van der Waals surface area contributed by atoms with Crippen molar-refractivity contribution in [3.8, 4) is 0 Å². The maximum atomic E-state index is 12.6. The molecule has 2 amide bonds. The molecule has 0 fully saturated rings. The molecule has 1 aliphatic rings. The van der Waals surface area contributed by atoms with Gasteiger partial charge in [0, 0.05) is 18.9 Å². The largest absolute Gasteiger partial charge is 0.456 e. The smallest absolute Gasteiger partial charge is 0.338 e. The van der Waals surface area contributed by atoms with Gasteiger partial charge in [0.25, 0.3) is 11.8 Å². The van der Waals surface area contributed by atoms with Crippen molar-refractivity contribution in [2.45, 2.75) is 26.9 Å². The Hall–Kier alpha value is -3.48. The zero-order chi connectivity index (χ0) is 20.5. The van der Waals surface area contributed by atoms with E-state index in [0.717, 1.165) is 12.1 Å². The van der Waals surface area contributed by atoms with E-state index in [1.54, 1.807) is 6.20 Å². The van der Waals surface area contributed by atoms with E-state index in [-0.39, 0.29) is 29.5 Å². The molecule has 7 nitrogen and oxygen atoms in total. The van der Waals surface area contributed by atoms with Gasteiger partial charge in [-0.2, -0.15) is 0 Å². The number of esters is 1. The Balaban J connectivity index is 1.47. The van der Waals surface area contributed by atoms with E-state index >= 15 is 0 Å². The molecule has 0 aliphatic carbocycles. The summed E-state index contributed by atoms with van der Waals surface area (Å²) in [5.74, 6) is -0.855. The lowest BCUT2D eigenvalue weighted by Gasteiger charge is -2.14. The minimum Gasteiger partial charge on any atom is -0.456 e. The first-order chi connectivity index (χ1) is 13.9. The number of aromatic nitrogens is 2. The molecule has 0 saturated heterocycles. The van der Waals surface area contributed by atoms with Crippen molar-refractivity contribution in [2.75, 3.05) is 6.54 Å². The van der Waals surface area contributed by atoms with Crippen molar-refractivity contribution in [2.24, 2.45) is 5.92 Å². The standard InChI is InChI=1S/C22H21N3O4/c1-14(2)8-10-25-20(26)17-7-6-15(11-18(17)21(25)27)22(28)29-13-16-12-24-9-4-3-5-19(24)23-16/h3-7,9,11-12,14H,8,10,13H2,1-2H3. The average Bonchev–Trinajstić information content (AvgIpc) is 3.23. The van der Waals surface area contributed by atoms with Crippen LogP contribution in [0.4, 0.5) is 0 Å². The number of ether oxygens (including phenoxy) is 1. The van der Waals surface area contributed by atoms with Crippen molar-refractivity contribution in [1.82, 2.24) is 14.3 Å². The minimum absolute atomic E-state index is 0.0188. The number of benzene rings is 1. The Labute approximate surface area is 167 Å². The Bertz CT molecular complexity index is 1080.